The molecule has 0 aliphatic carbocycles. The van der Waals surface area contributed by atoms with E-state index in [1.807, 2.05) is 19.2 Å². The van der Waals surface area contributed by atoms with Gasteiger partial charge >= 0.3 is 12.1 Å². The van der Waals surface area contributed by atoms with Crippen molar-refractivity contribution in [2.24, 2.45) is 11.8 Å². The predicted octanol–water partition coefficient (Wildman–Crippen LogP) is 2.25. The van der Waals surface area contributed by atoms with Gasteiger partial charge in [-0.25, -0.2) is 18.4 Å². The van der Waals surface area contributed by atoms with Crippen LogP contribution in [0.25, 0.3) is 0 Å². The third-order valence-corrected chi connectivity index (χ3v) is 4.31. The zero-order valence-corrected chi connectivity index (χ0v) is 20.7. The number of carbonyl (C=O) groups excluding carboxylic acids is 4. The second kappa shape index (κ2) is 13.8. The van der Waals surface area contributed by atoms with E-state index in [4.69, 9.17) is 9.84 Å². The normalized spacial score (nSPS) is 14.4. The summed E-state index contributed by atoms with van der Waals surface area (Å²) in [5.74, 6) is -5.41. The number of alkyl carbamates (subject to hydrolysis) is 1. The first kappa shape index (κ1) is 31.2. The summed E-state index contributed by atoms with van der Waals surface area (Å²) < 4.78 is 30.8. The molecule has 3 atom stereocenters. The first-order valence-corrected chi connectivity index (χ1v) is 11.1. The molecule has 2 unspecified atom stereocenters. The van der Waals surface area contributed by atoms with Crippen LogP contribution in [-0.2, 0) is 23.9 Å². The number of carboxylic acids is 1. The fourth-order valence-electron chi connectivity index (χ4n) is 2.96. The molecule has 0 fully saturated rings. The minimum absolute atomic E-state index is 0.0216. The molecule has 0 heterocycles. The van der Waals surface area contributed by atoms with Gasteiger partial charge in [-0.15, -0.1) is 0 Å². The Labute approximate surface area is 198 Å². The van der Waals surface area contributed by atoms with Gasteiger partial charge in [-0.2, -0.15) is 0 Å². The van der Waals surface area contributed by atoms with Crippen molar-refractivity contribution < 1.29 is 42.6 Å². The van der Waals surface area contributed by atoms with Crippen molar-refractivity contribution in [1.82, 2.24) is 16.0 Å². The van der Waals surface area contributed by atoms with Crippen LogP contribution in [0.4, 0.5) is 13.6 Å². The zero-order valence-electron chi connectivity index (χ0n) is 20.7. The summed E-state index contributed by atoms with van der Waals surface area (Å²) in [5.41, 5.74) is -0.806. The van der Waals surface area contributed by atoms with Gasteiger partial charge in [-0.05, 0) is 45.4 Å². The molecule has 34 heavy (non-hydrogen) atoms. The van der Waals surface area contributed by atoms with Crippen LogP contribution >= 0.6 is 0 Å². The van der Waals surface area contributed by atoms with Crippen LogP contribution in [0.15, 0.2) is 0 Å². The smallest absolute Gasteiger partial charge is 0.408 e. The lowest BCUT2D eigenvalue weighted by Gasteiger charge is -2.27. The van der Waals surface area contributed by atoms with E-state index in [0.29, 0.717) is 0 Å². The monoisotopic (exact) mass is 493 g/mol. The van der Waals surface area contributed by atoms with Crippen molar-refractivity contribution >= 4 is 29.7 Å². The highest BCUT2D eigenvalue weighted by molar-refractivity contribution is 6.35. The molecule has 0 rings (SSSR count). The van der Waals surface area contributed by atoms with Crippen LogP contribution in [0.1, 0.15) is 67.7 Å². The molecule has 0 radical (unpaired) electrons. The highest BCUT2D eigenvalue weighted by Crippen LogP contribution is 2.12. The Hall–Kier alpha value is -2.79. The number of hydrogen-bond acceptors (Lipinski definition) is 6. The number of Topliss-reactive ketones (excluding diaryl/α,β-unsaturated/α-hetero) is 1. The number of nitrogens with one attached hydrogen (secondary N) is 3. The number of amides is 3. The number of ketones is 1. The van der Waals surface area contributed by atoms with E-state index in [2.05, 4.69) is 10.6 Å². The van der Waals surface area contributed by atoms with E-state index in [0.717, 1.165) is 0 Å². The fourth-order valence-corrected chi connectivity index (χ4v) is 2.96. The lowest BCUT2D eigenvalue weighted by molar-refractivity contribution is -0.151. The summed E-state index contributed by atoms with van der Waals surface area (Å²) >= 11 is 0. The van der Waals surface area contributed by atoms with E-state index in [1.54, 1.807) is 34.6 Å². The molecule has 10 nitrogen and oxygen atoms in total. The van der Waals surface area contributed by atoms with Gasteiger partial charge in [0.25, 0.3) is 5.78 Å². The molecule has 0 saturated heterocycles. The predicted molar refractivity (Wildman–Crippen MR) is 119 cm³/mol. The van der Waals surface area contributed by atoms with Crippen LogP contribution in [0.2, 0.25) is 0 Å². The molecular formula is C22H37F2N3O7. The Kier molecular flexibility index (Phi) is 12.7. The van der Waals surface area contributed by atoms with Crippen molar-refractivity contribution in [3.63, 3.8) is 0 Å². The number of ether oxygens (including phenoxy) is 1. The molecule has 0 aliphatic heterocycles. The molecule has 0 aromatic heterocycles. The first-order chi connectivity index (χ1) is 15.4. The summed E-state index contributed by atoms with van der Waals surface area (Å²) in [6.07, 6.45) is -4.77. The Morgan fingerprint density at radius 2 is 1.18 bits per heavy atom. The quantitative estimate of drug-likeness (QED) is 0.287. The van der Waals surface area contributed by atoms with Gasteiger partial charge in [0.2, 0.25) is 18.2 Å². The maximum atomic E-state index is 12.9. The van der Waals surface area contributed by atoms with Gasteiger partial charge in [0, 0.05) is 6.42 Å². The van der Waals surface area contributed by atoms with Crippen LogP contribution in [0.5, 0.6) is 0 Å². The molecule has 3 amide bonds. The van der Waals surface area contributed by atoms with Crippen molar-refractivity contribution in [2.75, 3.05) is 0 Å². The van der Waals surface area contributed by atoms with Crippen LogP contribution in [0.3, 0.4) is 0 Å². The van der Waals surface area contributed by atoms with Gasteiger partial charge in [-0.1, -0.05) is 27.7 Å². The minimum atomic E-state index is -3.04. The number of alkyl halides is 2. The molecule has 12 heteroatoms. The van der Waals surface area contributed by atoms with E-state index in [9.17, 15) is 32.8 Å². The van der Waals surface area contributed by atoms with Crippen LogP contribution in [0, 0.1) is 11.8 Å². The van der Waals surface area contributed by atoms with Gasteiger partial charge in [0.1, 0.15) is 23.7 Å². The van der Waals surface area contributed by atoms with E-state index < -0.39 is 66.2 Å². The van der Waals surface area contributed by atoms with Gasteiger partial charge in [0.15, 0.2) is 0 Å². The molecule has 0 bridgehead atoms. The molecule has 0 aromatic carbocycles. The van der Waals surface area contributed by atoms with Crippen LogP contribution in [-0.4, -0.2) is 64.9 Å². The lowest BCUT2D eigenvalue weighted by Crippen LogP contribution is -2.57. The summed E-state index contributed by atoms with van der Waals surface area (Å²) in [4.78, 5) is 60.6. The molecule has 0 aromatic rings. The number of hydrogen-bond donors (Lipinski definition) is 4. The second-order valence-corrected chi connectivity index (χ2v) is 9.88. The number of carbonyl (C=O) groups is 5. The third-order valence-electron chi connectivity index (χ3n) is 4.31. The maximum Gasteiger partial charge on any atom is 0.408 e. The fraction of sp³-hybridized carbons (Fsp3) is 0.773. The highest BCUT2D eigenvalue weighted by Gasteiger charge is 2.34. The summed E-state index contributed by atoms with van der Waals surface area (Å²) in [6, 6.07) is -4.28. The molecule has 0 spiro atoms. The molecule has 0 saturated carbocycles. The third kappa shape index (κ3) is 13.0. The maximum absolute atomic E-state index is 12.9. The molecule has 0 aliphatic rings. The van der Waals surface area contributed by atoms with E-state index >= 15 is 0 Å². The zero-order chi connectivity index (χ0) is 26.8. The Balaban J connectivity index is 5.64. The van der Waals surface area contributed by atoms with Crippen molar-refractivity contribution in [3.8, 4) is 0 Å². The summed E-state index contributed by atoms with van der Waals surface area (Å²) in [7, 11) is 0. The number of rotatable bonds is 13. The number of aliphatic carboxylic acids is 1. The van der Waals surface area contributed by atoms with E-state index in [1.165, 1.54) is 0 Å². The average molecular weight is 494 g/mol. The van der Waals surface area contributed by atoms with Gasteiger partial charge in [-0.3, -0.25) is 14.4 Å². The Morgan fingerprint density at radius 3 is 1.53 bits per heavy atom. The van der Waals surface area contributed by atoms with Crippen molar-refractivity contribution in [3.05, 3.63) is 0 Å². The topological polar surface area (TPSA) is 151 Å². The molecule has 4 N–H and O–H groups in total. The average Bonchev–Trinajstić information content (AvgIpc) is 2.62. The molecule has 196 valence electrons. The van der Waals surface area contributed by atoms with E-state index in [-0.39, 0.29) is 24.7 Å². The van der Waals surface area contributed by atoms with Crippen LogP contribution < -0.4 is 16.0 Å². The van der Waals surface area contributed by atoms with Gasteiger partial charge in [0.05, 0.1) is 0 Å². The lowest BCUT2D eigenvalue weighted by atomic mass is 9.99. The first-order valence-electron chi connectivity index (χ1n) is 11.1. The Morgan fingerprint density at radius 1 is 0.765 bits per heavy atom. The highest BCUT2D eigenvalue weighted by atomic mass is 19.3. The Bertz CT molecular complexity index is 737. The standard InChI is InChI=1S/C22H37F2N3O7/c1-11(2)8-14(18(29)25-13(10-16(23)24)17(28)20(31)32)26-19(30)15(9-12(3)4)27-21(33)34-22(5,6)7/h11-16H,8-10H2,1-7H3,(H,25,29)(H,26,30)(H,27,33)(H,31,32)/t13?,14?,15-/m0/s1. The van der Waals surface area contributed by atoms with Crippen molar-refractivity contribution in [2.45, 2.75) is 97.9 Å². The SMILES string of the molecule is CC(C)CC(NC(=O)[C@H](CC(C)C)NC(=O)OC(C)(C)C)C(=O)NC(CC(F)F)C(=O)C(=O)O. The largest absolute Gasteiger partial charge is 0.475 e. The summed E-state index contributed by atoms with van der Waals surface area (Å²) in [6.45, 7) is 12.1. The van der Waals surface area contributed by atoms with Crippen molar-refractivity contribution in [1.29, 1.82) is 0 Å². The second-order valence-electron chi connectivity index (χ2n) is 9.88. The summed E-state index contributed by atoms with van der Waals surface area (Å²) in [5, 5.41) is 15.8. The number of carboxylic acid groups (broad SMARTS) is 1. The van der Waals surface area contributed by atoms with Gasteiger partial charge < -0.3 is 25.8 Å². The number of halogens is 2. The minimum Gasteiger partial charge on any atom is -0.475 e. The molecular weight excluding hydrogens is 456 g/mol.